The molecule has 3 aromatic carbocycles. The molecule has 1 heterocycles. The van der Waals surface area contributed by atoms with Gasteiger partial charge in [0.25, 0.3) is 0 Å². The number of rotatable bonds is 8. The Labute approximate surface area is 245 Å². The van der Waals surface area contributed by atoms with E-state index in [9.17, 15) is 14.4 Å². The van der Waals surface area contributed by atoms with Crippen LogP contribution in [-0.2, 0) is 4.79 Å². The average Bonchev–Trinajstić information content (AvgIpc) is 3.36. The summed E-state index contributed by atoms with van der Waals surface area (Å²) in [4.78, 5) is 41.8. The van der Waals surface area contributed by atoms with Gasteiger partial charge in [-0.25, -0.2) is 4.79 Å². The van der Waals surface area contributed by atoms with Crippen LogP contribution < -0.4 is 9.47 Å². The fourth-order valence-corrected chi connectivity index (χ4v) is 5.50. The van der Waals surface area contributed by atoms with E-state index in [0.29, 0.717) is 28.6 Å². The van der Waals surface area contributed by atoms with Crippen molar-refractivity contribution in [2.24, 2.45) is 5.92 Å². The Morgan fingerprint density at radius 2 is 1.62 bits per heavy atom. The molecular formula is C32H34ClNO5S. The van der Waals surface area contributed by atoms with E-state index >= 15 is 0 Å². The summed E-state index contributed by atoms with van der Waals surface area (Å²) in [6.07, 6.45) is 1.46. The highest BCUT2D eigenvalue weighted by atomic mass is 35.5. The van der Waals surface area contributed by atoms with Gasteiger partial charge in [-0.3, -0.25) is 9.59 Å². The minimum Gasteiger partial charge on any atom is -0.480 e. The number of ether oxygens (including phenoxy) is 2. The van der Waals surface area contributed by atoms with Crippen molar-refractivity contribution in [3.05, 3.63) is 87.9 Å². The molecule has 1 fully saturated rings. The van der Waals surface area contributed by atoms with Crippen LogP contribution in [0.25, 0.3) is 0 Å². The zero-order chi connectivity index (χ0) is 29.2. The van der Waals surface area contributed by atoms with Gasteiger partial charge in [0, 0.05) is 40.4 Å². The maximum atomic E-state index is 13.8. The first kappa shape index (κ1) is 29.7. The van der Waals surface area contributed by atoms with Crippen LogP contribution in [0.3, 0.4) is 0 Å². The number of thioether (sulfide) groups is 1. The molecule has 0 N–H and O–H groups in total. The lowest BCUT2D eigenvalue weighted by atomic mass is 9.82. The van der Waals surface area contributed by atoms with Gasteiger partial charge < -0.3 is 14.4 Å². The first-order valence-electron chi connectivity index (χ1n) is 13.1. The third-order valence-electron chi connectivity index (χ3n) is 7.41. The molecule has 1 saturated heterocycles. The van der Waals surface area contributed by atoms with E-state index in [4.69, 9.17) is 21.1 Å². The molecule has 0 unspecified atom stereocenters. The van der Waals surface area contributed by atoms with E-state index in [2.05, 4.69) is 0 Å². The molecule has 210 valence electrons. The normalized spacial score (nSPS) is 17.0. The van der Waals surface area contributed by atoms with Gasteiger partial charge in [-0.1, -0.05) is 41.9 Å². The summed E-state index contributed by atoms with van der Waals surface area (Å²) in [5, 5.41) is 0.465. The van der Waals surface area contributed by atoms with Crippen LogP contribution in [0.2, 0.25) is 5.02 Å². The lowest BCUT2D eigenvalue weighted by molar-refractivity contribution is -0.129. The monoisotopic (exact) mass is 579 g/mol. The molecule has 0 aliphatic carbocycles. The number of aryl methyl sites for hydroxylation is 2. The third kappa shape index (κ3) is 6.53. The molecule has 0 saturated carbocycles. The molecule has 1 aliphatic heterocycles. The molecule has 2 atom stereocenters. The minimum atomic E-state index is -0.966. The van der Waals surface area contributed by atoms with Crippen LogP contribution >= 0.6 is 23.4 Å². The van der Waals surface area contributed by atoms with Gasteiger partial charge in [0.1, 0.15) is 11.5 Å². The van der Waals surface area contributed by atoms with Crippen molar-refractivity contribution < 1.29 is 23.9 Å². The first-order chi connectivity index (χ1) is 18.9. The van der Waals surface area contributed by atoms with E-state index < -0.39 is 17.6 Å². The Hall–Kier alpha value is -3.29. The number of ketones is 2. The molecule has 0 radical (unpaired) electrons. The Morgan fingerprint density at radius 3 is 2.20 bits per heavy atom. The summed E-state index contributed by atoms with van der Waals surface area (Å²) in [6.45, 7) is 9.41. The second-order valence-electron chi connectivity index (χ2n) is 10.7. The number of nitrogens with zero attached hydrogens (tertiary/aromatic N) is 1. The SMILES string of the molecule is CSc1ccc(C(=O)[C@H]2CN(C(=O)Oc3cccc(Cl)c3)C[C@@H]2c2cc(C)c(OC(C)(C)C(C)=O)c(C)c2)cc1. The van der Waals surface area contributed by atoms with Gasteiger partial charge >= 0.3 is 6.09 Å². The van der Waals surface area contributed by atoms with Crippen molar-refractivity contribution in [2.75, 3.05) is 19.3 Å². The van der Waals surface area contributed by atoms with Crippen LogP contribution in [0.4, 0.5) is 4.79 Å². The number of likely N-dealkylation sites (tertiary alicyclic amines) is 1. The fraction of sp³-hybridized carbons (Fsp3) is 0.344. The molecule has 0 bridgehead atoms. The first-order valence-corrected chi connectivity index (χ1v) is 14.7. The van der Waals surface area contributed by atoms with E-state index in [1.807, 2.05) is 56.5 Å². The Balaban J connectivity index is 1.67. The standard InChI is InChI=1S/C32H34ClNO5S/c1-19-14-23(15-20(2)30(19)39-32(4,5)21(3)35)27-17-34(31(37)38-25-9-7-8-24(33)16-25)18-28(27)29(36)22-10-12-26(40-6)13-11-22/h7-16,27-28H,17-18H2,1-6H3/t27-,28+/m1/s1. The van der Waals surface area contributed by atoms with Crippen molar-refractivity contribution in [1.29, 1.82) is 0 Å². The van der Waals surface area contributed by atoms with Gasteiger partial charge in [-0.15, -0.1) is 11.8 Å². The molecular weight excluding hydrogens is 546 g/mol. The highest BCUT2D eigenvalue weighted by Gasteiger charge is 2.42. The molecule has 1 aliphatic rings. The van der Waals surface area contributed by atoms with Crippen molar-refractivity contribution in [3.63, 3.8) is 0 Å². The lowest BCUT2D eigenvalue weighted by Crippen LogP contribution is -2.36. The molecule has 0 aromatic heterocycles. The number of carbonyl (C=O) groups is 3. The molecule has 6 nitrogen and oxygen atoms in total. The summed E-state index contributed by atoms with van der Waals surface area (Å²) in [5.41, 5.74) is 2.29. The molecule has 1 amide bonds. The van der Waals surface area contributed by atoms with Crippen molar-refractivity contribution >= 4 is 41.0 Å². The Kier molecular flexibility index (Phi) is 8.96. The predicted octanol–water partition coefficient (Wildman–Crippen LogP) is 7.52. The van der Waals surface area contributed by atoms with Crippen LogP contribution in [0, 0.1) is 19.8 Å². The molecule has 8 heteroatoms. The Bertz CT molecular complexity index is 1410. The largest absolute Gasteiger partial charge is 0.480 e. The maximum absolute atomic E-state index is 13.8. The average molecular weight is 580 g/mol. The third-order valence-corrected chi connectivity index (χ3v) is 8.39. The molecule has 40 heavy (non-hydrogen) atoms. The minimum absolute atomic E-state index is 0.0240. The Morgan fingerprint density at radius 1 is 0.975 bits per heavy atom. The highest BCUT2D eigenvalue weighted by Crippen LogP contribution is 2.39. The summed E-state index contributed by atoms with van der Waals surface area (Å²) in [6, 6.07) is 18.2. The van der Waals surface area contributed by atoms with Gasteiger partial charge in [-0.2, -0.15) is 0 Å². The summed E-state index contributed by atoms with van der Waals surface area (Å²) in [5.74, 6) is 0.174. The van der Waals surface area contributed by atoms with Crippen LogP contribution in [0.15, 0.2) is 65.6 Å². The zero-order valence-electron chi connectivity index (χ0n) is 23.6. The fourth-order valence-electron chi connectivity index (χ4n) is 4.91. The van der Waals surface area contributed by atoms with Crippen LogP contribution in [-0.4, -0.2) is 47.5 Å². The second-order valence-corrected chi connectivity index (χ2v) is 12.0. The molecule has 0 spiro atoms. The van der Waals surface area contributed by atoms with Crippen LogP contribution in [0.5, 0.6) is 11.5 Å². The summed E-state index contributed by atoms with van der Waals surface area (Å²) in [7, 11) is 0. The van der Waals surface area contributed by atoms with E-state index in [1.54, 1.807) is 54.8 Å². The second kappa shape index (κ2) is 12.1. The maximum Gasteiger partial charge on any atom is 0.415 e. The van der Waals surface area contributed by atoms with E-state index in [1.165, 1.54) is 6.92 Å². The molecule has 3 aromatic rings. The molecule has 4 rings (SSSR count). The quantitative estimate of drug-likeness (QED) is 0.203. The van der Waals surface area contributed by atoms with Crippen molar-refractivity contribution in [2.45, 2.75) is 51.0 Å². The summed E-state index contributed by atoms with van der Waals surface area (Å²) >= 11 is 7.68. The zero-order valence-corrected chi connectivity index (χ0v) is 25.2. The van der Waals surface area contributed by atoms with E-state index in [-0.39, 0.29) is 24.0 Å². The van der Waals surface area contributed by atoms with Gasteiger partial charge in [0.2, 0.25) is 0 Å². The lowest BCUT2D eigenvalue weighted by Gasteiger charge is -2.27. The van der Waals surface area contributed by atoms with Crippen molar-refractivity contribution in [3.8, 4) is 11.5 Å². The number of hydrogen-bond acceptors (Lipinski definition) is 6. The van der Waals surface area contributed by atoms with Gasteiger partial charge in [0.05, 0.1) is 0 Å². The van der Waals surface area contributed by atoms with Gasteiger partial charge in [0.15, 0.2) is 17.2 Å². The number of benzene rings is 3. The number of hydrogen-bond donors (Lipinski definition) is 0. The number of Topliss-reactive ketones (excluding diaryl/α,β-unsaturated/α-hetero) is 2. The van der Waals surface area contributed by atoms with Gasteiger partial charge in [-0.05, 0) is 87.9 Å². The number of carbonyl (C=O) groups excluding carboxylic acids is 3. The van der Waals surface area contributed by atoms with Crippen LogP contribution in [0.1, 0.15) is 53.7 Å². The highest BCUT2D eigenvalue weighted by molar-refractivity contribution is 7.98. The smallest absolute Gasteiger partial charge is 0.415 e. The van der Waals surface area contributed by atoms with E-state index in [0.717, 1.165) is 21.6 Å². The number of halogens is 1. The number of amides is 1. The predicted molar refractivity (Wildman–Crippen MR) is 159 cm³/mol. The summed E-state index contributed by atoms with van der Waals surface area (Å²) < 4.78 is 11.7. The van der Waals surface area contributed by atoms with Crippen molar-refractivity contribution in [1.82, 2.24) is 4.90 Å². The topological polar surface area (TPSA) is 72.9 Å².